The Morgan fingerprint density at radius 1 is 1.09 bits per heavy atom. The standard InChI is InChI=1S/C13H9FN4O4/c14-11-4-2-1-3-9(11)8-15-16-12-6-5-10(17(19)20)7-13(12)18(21)22/h1-8,16H/b15-8-. The number of nitro groups is 2. The molecule has 0 aromatic heterocycles. The van der Waals surface area contributed by atoms with Gasteiger partial charge in [0.25, 0.3) is 5.69 Å². The number of nitrogens with zero attached hydrogens (tertiary/aromatic N) is 3. The summed E-state index contributed by atoms with van der Waals surface area (Å²) in [7, 11) is 0. The van der Waals surface area contributed by atoms with Crippen molar-refractivity contribution in [2.24, 2.45) is 5.10 Å². The van der Waals surface area contributed by atoms with Gasteiger partial charge < -0.3 is 0 Å². The van der Waals surface area contributed by atoms with Crippen LogP contribution in [0.25, 0.3) is 0 Å². The van der Waals surface area contributed by atoms with Crippen LogP contribution in [0, 0.1) is 26.0 Å². The predicted octanol–water partition coefficient (Wildman–Crippen LogP) is 3.09. The van der Waals surface area contributed by atoms with Gasteiger partial charge in [-0.15, -0.1) is 0 Å². The number of hydrogen-bond donors (Lipinski definition) is 1. The topological polar surface area (TPSA) is 111 Å². The molecule has 0 amide bonds. The van der Waals surface area contributed by atoms with Crippen LogP contribution in [0.3, 0.4) is 0 Å². The first-order chi connectivity index (χ1) is 10.5. The smallest absolute Gasteiger partial charge is 0.272 e. The molecule has 0 saturated carbocycles. The van der Waals surface area contributed by atoms with Gasteiger partial charge in [-0.25, -0.2) is 4.39 Å². The molecule has 22 heavy (non-hydrogen) atoms. The number of nitrogens with one attached hydrogen (secondary N) is 1. The van der Waals surface area contributed by atoms with E-state index >= 15 is 0 Å². The molecule has 0 aliphatic rings. The summed E-state index contributed by atoms with van der Waals surface area (Å²) < 4.78 is 13.4. The van der Waals surface area contributed by atoms with E-state index in [-0.39, 0.29) is 11.3 Å². The van der Waals surface area contributed by atoms with Crippen LogP contribution in [0.2, 0.25) is 0 Å². The molecule has 0 heterocycles. The molecule has 2 aromatic rings. The Bertz CT molecular complexity index is 763. The van der Waals surface area contributed by atoms with Crippen molar-refractivity contribution in [2.75, 3.05) is 5.43 Å². The Morgan fingerprint density at radius 2 is 1.82 bits per heavy atom. The molecule has 0 radical (unpaired) electrons. The molecule has 0 spiro atoms. The van der Waals surface area contributed by atoms with E-state index in [1.165, 1.54) is 18.2 Å². The SMILES string of the molecule is O=[N+]([O-])c1ccc(N/N=C\c2ccccc2F)c([N+](=O)[O-])c1. The number of anilines is 1. The number of hydrogen-bond acceptors (Lipinski definition) is 6. The van der Waals surface area contributed by atoms with Crippen LogP contribution in [0.4, 0.5) is 21.5 Å². The van der Waals surface area contributed by atoms with Gasteiger partial charge in [-0.3, -0.25) is 25.7 Å². The van der Waals surface area contributed by atoms with E-state index in [9.17, 15) is 24.6 Å². The second-order valence-electron chi connectivity index (χ2n) is 4.11. The molecular weight excluding hydrogens is 295 g/mol. The zero-order chi connectivity index (χ0) is 16.1. The van der Waals surface area contributed by atoms with Crippen molar-refractivity contribution in [1.29, 1.82) is 0 Å². The molecule has 0 atom stereocenters. The second kappa shape index (κ2) is 6.39. The molecule has 8 nitrogen and oxygen atoms in total. The number of halogens is 1. The van der Waals surface area contributed by atoms with E-state index in [1.807, 2.05) is 0 Å². The van der Waals surface area contributed by atoms with Gasteiger partial charge in [-0.2, -0.15) is 5.10 Å². The average molecular weight is 304 g/mol. The first kappa shape index (κ1) is 15.0. The number of benzene rings is 2. The summed E-state index contributed by atoms with van der Waals surface area (Å²) in [4.78, 5) is 20.0. The van der Waals surface area contributed by atoms with Gasteiger partial charge in [0.1, 0.15) is 11.5 Å². The highest BCUT2D eigenvalue weighted by Gasteiger charge is 2.19. The average Bonchev–Trinajstić information content (AvgIpc) is 2.49. The van der Waals surface area contributed by atoms with Crippen LogP contribution < -0.4 is 5.43 Å². The second-order valence-corrected chi connectivity index (χ2v) is 4.11. The van der Waals surface area contributed by atoms with E-state index < -0.39 is 27.0 Å². The molecule has 0 aliphatic carbocycles. The third-order valence-electron chi connectivity index (χ3n) is 2.68. The number of hydrazone groups is 1. The summed E-state index contributed by atoms with van der Waals surface area (Å²) in [6.07, 6.45) is 1.15. The lowest BCUT2D eigenvalue weighted by Gasteiger charge is -2.02. The maximum atomic E-state index is 13.4. The quantitative estimate of drug-likeness (QED) is 0.518. The minimum absolute atomic E-state index is 0.0387. The van der Waals surface area contributed by atoms with Gasteiger partial charge in [0.15, 0.2) is 0 Å². The molecular formula is C13H9FN4O4. The molecule has 2 aromatic carbocycles. The minimum atomic E-state index is -0.770. The maximum Gasteiger partial charge on any atom is 0.301 e. The third-order valence-corrected chi connectivity index (χ3v) is 2.68. The van der Waals surface area contributed by atoms with Crippen LogP contribution >= 0.6 is 0 Å². The fourth-order valence-corrected chi connectivity index (χ4v) is 1.63. The van der Waals surface area contributed by atoms with Crippen LogP contribution in [0.1, 0.15) is 5.56 Å². The highest BCUT2D eigenvalue weighted by Crippen LogP contribution is 2.28. The van der Waals surface area contributed by atoms with E-state index in [2.05, 4.69) is 10.5 Å². The monoisotopic (exact) mass is 304 g/mol. The van der Waals surface area contributed by atoms with Crippen molar-refractivity contribution < 1.29 is 14.2 Å². The van der Waals surface area contributed by atoms with E-state index in [0.717, 1.165) is 24.4 Å². The van der Waals surface area contributed by atoms with Crippen molar-refractivity contribution in [1.82, 2.24) is 0 Å². The summed E-state index contributed by atoms with van der Waals surface area (Å²) >= 11 is 0. The Labute approximate surface area is 123 Å². The van der Waals surface area contributed by atoms with Gasteiger partial charge >= 0.3 is 5.69 Å². The van der Waals surface area contributed by atoms with Gasteiger partial charge in [0, 0.05) is 11.6 Å². The zero-order valence-corrected chi connectivity index (χ0v) is 11.0. The first-order valence-corrected chi connectivity index (χ1v) is 5.95. The van der Waals surface area contributed by atoms with Gasteiger partial charge in [-0.1, -0.05) is 18.2 Å². The number of non-ortho nitro benzene ring substituents is 1. The van der Waals surface area contributed by atoms with E-state index in [4.69, 9.17) is 0 Å². The Morgan fingerprint density at radius 3 is 2.45 bits per heavy atom. The first-order valence-electron chi connectivity index (χ1n) is 5.95. The number of nitro benzene ring substituents is 2. The van der Waals surface area contributed by atoms with Crippen molar-refractivity contribution in [2.45, 2.75) is 0 Å². The summed E-state index contributed by atoms with van der Waals surface area (Å²) in [6, 6.07) is 8.93. The third kappa shape index (κ3) is 3.39. The van der Waals surface area contributed by atoms with Gasteiger partial charge in [0.2, 0.25) is 0 Å². The van der Waals surface area contributed by atoms with Crippen molar-refractivity contribution in [3.63, 3.8) is 0 Å². The highest BCUT2D eigenvalue weighted by atomic mass is 19.1. The summed E-state index contributed by atoms with van der Waals surface area (Å²) in [5, 5.41) is 25.2. The predicted molar refractivity (Wildman–Crippen MR) is 77.4 cm³/mol. The number of rotatable bonds is 5. The maximum absolute atomic E-state index is 13.4. The summed E-state index contributed by atoms with van der Waals surface area (Å²) in [6.45, 7) is 0. The van der Waals surface area contributed by atoms with Gasteiger partial charge in [-0.05, 0) is 12.1 Å². The van der Waals surface area contributed by atoms with Crippen LogP contribution in [0.5, 0.6) is 0 Å². The molecule has 9 heteroatoms. The Hall–Kier alpha value is -3.36. The minimum Gasteiger partial charge on any atom is -0.272 e. The molecule has 0 unspecified atom stereocenters. The van der Waals surface area contributed by atoms with Crippen LogP contribution in [0.15, 0.2) is 47.6 Å². The largest absolute Gasteiger partial charge is 0.301 e. The molecule has 112 valence electrons. The lowest BCUT2D eigenvalue weighted by molar-refractivity contribution is -0.393. The van der Waals surface area contributed by atoms with Crippen LogP contribution in [-0.4, -0.2) is 16.1 Å². The van der Waals surface area contributed by atoms with E-state index in [0.29, 0.717) is 0 Å². The molecule has 0 saturated heterocycles. The Balaban J connectivity index is 2.24. The fraction of sp³-hybridized carbons (Fsp3) is 0. The molecule has 0 aliphatic heterocycles. The summed E-state index contributed by atoms with van der Waals surface area (Å²) in [5.74, 6) is -0.494. The van der Waals surface area contributed by atoms with Gasteiger partial charge in [0.05, 0.1) is 22.1 Å². The Kier molecular flexibility index (Phi) is 4.37. The lowest BCUT2D eigenvalue weighted by Crippen LogP contribution is -1.99. The fourth-order valence-electron chi connectivity index (χ4n) is 1.63. The van der Waals surface area contributed by atoms with Crippen molar-refractivity contribution in [3.05, 3.63) is 74.1 Å². The lowest BCUT2D eigenvalue weighted by atomic mass is 10.2. The van der Waals surface area contributed by atoms with Crippen molar-refractivity contribution in [3.8, 4) is 0 Å². The van der Waals surface area contributed by atoms with Crippen LogP contribution in [-0.2, 0) is 0 Å². The summed E-state index contributed by atoms with van der Waals surface area (Å²) in [5.41, 5.74) is 1.62. The van der Waals surface area contributed by atoms with E-state index in [1.54, 1.807) is 6.07 Å². The molecule has 0 fully saturated rings. The molecule has 2 rings (SSSR count). The molecule has 1 N–H and O–H groups in total. The zero-order valence-electron chi connectivity index (χ0n) is 11.0. The molecule has 0 bridgehead atoms. The highest BCUT2D eigenvalue weighted by molar-refractivity contribution is 5.81. The normalized spacial score (nSPS) is 10.6. The van der Waals surface area contributed by atoms with Crippen molar-refractivity contribution >= 4 is 23.3 Å².